The SMILES string of the molecule is C[C@H](NC(=O)CSc1nnc(CCC2CCCCC2)n1N)c1cccc(Cl)c1. The summed E-state index contributed by atoms with van der Waals surface area (Å²) >= 11 is 7.32. The Morgan fingerprint density at radius 3 is 2.89 bits per heavy atom. The number of aryl methyl sites for hydroxylation is 1. The van der Waals surface area contributed by atoms with Gasteiger partial charge >= 0.3 is 0 Å². The van der Waals surface area contributed by atoms with Crippen molar-refractivity contribution in [1.82, 2.24) is 20.2 Å². The Morgan fingerprint density at radius 2 is 2.14 bits per heavy atom. The Morgan fingerprint density at radius 1 is 1.36 bits per heavy atom. The van der Waals surface area contributed by atoms with Crippen LogP contribution in [0.15, 0.2) is 29.4 Å². The van der Waals surface area contributed by atoms with Crippen molar-refractivity contribution in [2.75, 3.05) is 11.6 Å². The number of rotatable bonds is 8. The highest BCUT2D eigenvalue weighted by molar-refractivity contribution is 7.99. The molecule has 6 nitrogen and oxygen atoms in total. The Labute approximate surface area is 175 Å². The van der Waals surface area contributed by atoms with Crippen molar-refractivity contribution in [3.05, 3.63) is 40.7 Å². The van der Waals surface area contributed by atoms with E-state index in [-0.39, 0.29) is 17.7 Å². The minimum atomic E-state index is -0.117. The van der Waals surface area contributed by atoms with E-state index in [4.69, 9.17) is 17.4 Å². The number of nitrogen functional groups attached to an aromatic ring is 1. The van der Waals surface area contributed by atoms with Crippen LogP contribution in [0.2, 0.25) is 5.02 Å². The van der Waals surface area contributed by atoms with Crippen LogP contribution in [0.1, 0.15) is 62.9 Å². The van der Waals surface area contributed by atoms with Crippen LogP contribution in [0.4, 0.5) is 0 Å². The molecule has 0 bridgehead atoms. The number of benzene rings is 1. The maximum atomic E-state index is 12.3. The van der Waals surface area contributed by atoms with E-state index in [1.54, 1.807) is 0 Å². The molecule has 0 aliphatic heterocycles. The first-order valence-corrected chi connectivity index (χ1v) is 11.3. The molecule has 0 radical (unpaired) electrons. The molecular formula is C20H28ClN5OS. The van der Waals surface area contributed by atoms with E-state index >= 15 is 0 Å². The maximum Gasteiger partial charge on any atom is 0.230 e. The van der Waals surface area contributed by atoms with Crippen molar-refractivity contribution in [2.24, 2.45) is 5.92 Å². The molecule has 2 aromatic rings. The van der Waals surface area contributed by atoms with E-state index in [1.807, 2.05) is 31.2 Å². The molecule has 0 unspecified atom stereocenters. The summed E-state index contributed by atoms with van der Waals surface area (Å²) in [4.78, 5) is 12.3. The zero-order valence-corrected chi connectivity index (χ0v) is 17.8. The first-order valence-electron chi connectivity index (χ1n) is 9.90. The first-order chi connectivity index (χ1) is 13.5. The van der Waals surface area contributed by atoms with Gasteiger partial charge < -0.3 is 11.2 Å². The number of hydrogen-bond acceptors (Lipinski definition) is 5. The summed E-state index contributed by atoms with van der Waals surface area (Å²) in [6.07, 6.45) is 8.61. The molecule has 0 spiro atoms. The summed E-state index contributed by atoms with van der Waals surface area (Å²) in [5.41, 5.74) is 0.970. The number of nitrogens with one attached hydrogen (secondary N) is 1. The van der Waals surface area contributed by atoms with Crippen LogP contribution in [0.5, 0.6) is 0 Å². The van der Waals surface area contributed by atoms with Crippen LogP contribution in [0, 0.1) is 5.92 Å². The summed E-state index contributed by atoms with van der Waals surface area (Å²) in [6, 6.07) is 7.37. The van der Waals surface area contributed by atoms with Crippen LogP contribution in [-0.2, 0) is 11.2 Å². The molecule has 1 fully saturated rings. The van der Waals surface area contributed by atoms with E-state index in [0.29, 0.717) is 10.2 Å². The van der Waals surface area contributed by atoms with Gasteiger partial charge in [0.25, 0.3) is 0 Å². The predicted octanol–water partition coefficient (Wildman–Crippen LogP) is 4.13. The number of amides is 1. The third-order valence-corrected chi connectivity index (χ3v) is 6.47. The zero-order chi connectivity index (χ0) is 19.9. The van der Waals surface area contributed by atoms with Gasteiger partial charge in [-0.05, 0) is 37.0 Å². The van der Waals surface area contributed by atoms with E-state index in [0.717, 1.165) is 30.1 Å². The highest BCUT2D eigenvalue weighted by atomic mass is 35.5. The molecule has 1 atom stereocenters. The molecule has 1 aromatic heterocycles. The van der Waals surface area contributed by atoms with Gasteiger partial charge in [0, 0.05) is 11.4 Å². The quantitative estimate of drug-likeness (QED) is 0.494. The number of carbonyl (C=O) groups excluding carboxylic acids is 1. The number of nitrogens with two attached hydrogens (primary N) is 1. The van der Waals surface area contributed by atoms with Crippen molar-refractivity contribution in [3.8, 4) is 0 Å². The second-order valence-corrected chi connectivity index (χ2v) is 8.82. The Kier molecular flexibility index (Phi) is 7.62. The van der Waals surface area contributed by atoms with Gasteiger partial charge in [0.05, 0.1) is 11.8 Å². The van der Waals surface area contributed by atoms with E-state index in [9.17, 15) is 4.79 Å². The Bertz CT molecular complexity index is 791. The van der Waals surface area contributed by atoms with Gasteiger partial charge in [-0.1, -0.05) is 67.6 Å². The zero-order valence-electron chi connectivity index (χ0n) is 16.2. The molecule has 8 heteroatoms. The van der Waals surface area contributed by atoms with E-state index in [2.05, 4.69) is 15.5 Å². The monoisotopic (exact) mass is 421 g/mol. The molecule has 1 aliphatic carbocycles. The molecule has 1 aliphatic rings. The highest BCUT2D eigenvalue weighted by Crippen LogP contribution is 2.27. The average Bonchev–Trinajstić information content (AvgIpc) is 3.05. The smallest absolute Gasteiger partial charge is 0.230 e. The second-order valence-electron chi connectivity index (χ2n) is 7.44. The number of halogens is 1. The third kappa shape index (κ3) is 5.88. The van der Waals surface area contributed by atoms with Gasteiger partial charge in [0.15, 0.2) is 5.82 Å². The lowest BCUT2D eigenvalue weighted by Gasteiger charge is -2.20. The number of aromatic nitrogens is 3. The van der Waals surface area contributed by atoms with E-state index in [1.165, 1.54) is 48.5 Å². The summed E-state index contributed by atoms with van der Waals surface area (Å²) in [6.45, 7) is 1.93. The van der Waals surface area contributed by atoms with Crippen LogP contribution in [0.3, 0.4) is 0 Å². The number of carbonyl (C=O) groups is 1. The van der Waals surface area contributed by atoms with Crippen LogP contribution in [0.25, 0.3) is 0 Å². The fourth-order valence-electron chi connectivity index (χ4n) is 3.66. The van der Waals surface area contributed by atoms with Crippen LogP contribution in [-0.4, -0.2) is 26.5 Å². The van der Waals surface area contributed by atoms with Crippen LogP contribution >= 0.6 is 23.4 Å². The largest absolute Gasteiger partial charge is 0.349 e. The lowest BCUT2D eigenvalue weighted by atomic mass is 9.86. The standard InChI is InChI=1S/C20H28ClN5OS/c1-14(16-8-5-9-17(21)12-16)23-19(27)13-28-20-25-24-18(26(20)22)11-10-15-6-3-2-4-7-15/h5,8-9,12,14-15H,2-4,6-7,10-11,13,22H2,1H3,(H,23,27)/t14-/m0/s1. The molecule has 1 heterocycles. The van der Waals surface area contributed by atoms with Gasteiger partial charge in [-0.2, -0.15) is 0 Å². The van der Waals surface area contributed by atoms with Crippen molar-refractivity contribution >= 4 is 29.3 Å². The van der Waals surface area contributed by atoms with Gasteiger partial charge in [-0.15, -0.1) is 10.2 Å². The molecule has 3 rings (SSSR count). The topological polar surface area (TPSA) is 85.8 Å². The van der Waals surface area contributed by atoms with Crippen LogP contribution < -0.4 is 11.2 Å². The molecule has 28 heavy (non-hydrogen) atoms. The van der Waals surface area contributed by atoms with Crippen molar-refractivity contribution in [1.29, 1.82) is 0 Å². The predicted molar refractivity (Wildman–Crippen MR) is 114 cm³/mol. The van der Waals surface area contributed by atoms with Crippen molar-refractivity contribution in [3.63, 3.8) is 0 Å². The minimum Gasteiger partial charge on any atom is -0.349 e. The normalized spacial score (nSPS) is 16.1. The molecule has 1 aromatic carbocycles. The fourth-order valence-corrected chi connectivity index (χ4v) is 4.54. The summed E-state index contributed by atoms with van der Waals surface area (Å²) in [7, 11) is 0. The van der Waals surface area contributed by atoms with Gasteiger partial charge in [-0.3, -0.25) is 4.79 Å². The van der Waals surface area contributed by atoms with Crippen molar-refractivity contribution < 1.29 is 4.79 Å². The van der Waals surface area contributed by atoms with Gasteiger partial charge in [0.2, 0.25) is 11.1 Å². The summed E-state index contributed by atoms with van der Waals surface area (Å²) in [5, 5.41) is 12.6. The summed E-state index contributed by atoms with van der Waals surface area (Å²) < 4.78 is 1.53. The molecule has 1 saturated carbocycles. The molecule has 1 amide bonds. The molecule has 152 valence electrons. The third-order valence-electron chi connectivity index (χ3n) is 5.29. The number of nitrogens with zero attached hydrogens (tertiary/aromatic N) is 3. The van der Waals surface area contributed by atoms with Gasteiger partial charge in [-0.25, -0.2) is 4.68 Å². The fraction of sp³-hybridized carbons (Fsp3) is 0.550. The Hall–Kier alpha value is -1.73. The maximum absolute atomic E-state index is 12.3. The number of thioether (sulfide) groups is 1. The molecule has 0 saturated heterocycles. The number of hydrogen-bond donors (Lipinski definition) is 2. The molecular weight excluding hydrogens is 394 g/mol. The highest BCUT2D eigenvalue weighted by Gasteiger charge is 2.17. The summed E-state index contributed by atoms with van der Waals surface area (Å²) in [5.74, 6) is 7.87. The first kappa shape index (κ1) is 21.0. The lowest BCUT2D eigenvalue weighted by molar-refractivity contribution is -0.119. The van der Waals surface area contributed by atoms with Gasteiger partial charge in [0.1, 0.15) is 0 Å². The average molecular weight is 422 g/mol. The second kappa shape index (κ2) is 10.2. The lowest BCUT2D eigenvalue weighted by Crippen LogP contribution is -2.28. The van der Waals surface area contributed by atoms with E-state index < -0.39 is 0 Å². The Balaban J connectivity index is 1.46. The molecule has 3 N–H and O–H groups in total. The van der Waals surface area contributed by atoms with Crippen molar-refractivity contribution in [2.45, 2.75) is 63.1 Å². The minimum absolute atomic E-state index is 0.0794.